The van der Waals surface area contributed by atoms with E-state index in [-0.39, 0.29) is 0 Å². The molecular weight excluding hydrogens is 194 g/mol. The van der Waals surface area contributed by atoms with Crippen LogP contribution < -0.4 is 0 Å². The zero-order chi connectivity index (χ0) is 12.6. The molecule has 94 valence electrons. The Kier molecular flexibility index (Phi) is 8.23. The minimum atomic E-state index is 0.424. The van der Waals surface area contributed by atoms with Crippen molar-refractivity contribution < 1.29 is 0 Å². The van der Waals surface area contributed by atoms with Crippen molar-refractivity contribution in [3.63, 3.8) is 0 Å². The lowest BCUT2D eigenvalue weighted by Crippen LogP contribution is -2.16. The van der Waals surface area contributed by atoms with E-state index in [1.165, 1.54) is 5.71 Å². The largest absolute Gasteiger partial charge is 0.291 e. The molecule has 0 fully saturated rings. The summed E-state index contributed by atoms with van der Waals surface area (Å²) in [5.41, 5.74) is 2.91. The molecule has 0 aliphatic rings. The summed E-state index contributed by atoms with van der Waals surface area (Å²) in [6.45, 7) is 13.4. The van der Waals surface area contributed by atoms with Crippen LogP contribution >= 0.6 is 0 Å². The first kappa shape index (κ1) is 15.4. The number of rotatable bonds is 7. The molecule has 0 heterocycles. The second-order valence-corrected chi connectivity index (χ2v) is 4.47. The highest BCUT2D eigenvalue weighted by atomic mass is 14.8. The quantitative estimate of drug-likeness (QED) is 0.424. The summed E-state index contributed by atoms with van der Waals surface area (Å²) < 4.78 is 0. The second kappa shape index (κ2) is 8.55. The maximum absolute atomic E-state index is 4.84. The van der Waals surface area contributed by atoms with Gasteiger partial charge in [-0.25, -0.2) is 0 Å². The molecule has 2 atom stereocenters. The van der Waals surface area contributed by atoms with Crippen molar-refractivity contribution in [2.24, 2.45) is 10.9 Å². The summed E-state index contributed by atoms with van der Waals surface area (Å²) in [7, 11) is 0. The Labute approximate surface area is 102 Å². The van der Waals surface area contributed by atoms with E-state index in [0.29, 0.717) is 12.0 Å². The summed E-state index contributed by atoms with van der Waals surface area (Å²) in [6.07, 6.45) is 6.84. The Morgan fingerprint density at radius 3 is 1.94 bits per heavy atom. The van der Waals surface area contributed by atoms with Crippen molar-refractivity contribution in [2.45, 2.75) is 73.3 Å². The summed E-state index contributed by atoms with van der Waals surface area (Å²) in [5, 5.41) is 0. The minimum absolute atomic E-state index is 0.424. The third kappa shape index (κ3) is 4.96. The fourth-order valence-electron chi connectivity index (χ4n) is 2.06. The van der Waals surface area contributed by atoms with Gasteiger partial charge in [0.25, 0.3) is 0 Å². The fourth-order valence-corrected chi connectivity index (χ4v) is 2.06. The molecule has 1 nitrogen and oxygen atoms in total. The van der Waals surface area contributed by atoms with Crippen LogP contribution in [0.1, 0.15) is 67.2 Å². The SMILES string of the molecule is CC/C=C(\CC)C(C)C(C)N=C(CC)CC. The van der Waals surface area contributed by atoms with Crippen LogP contribution in [0.3, 0.4) is 0 Å². The van der Waals surface area contributed by atoms with Gasteiger partial charge in [-0.3, -0.25) is 4.99 Å². The maximum Gasteiger partial charge on any atom is 0.0533 e. The summed E-state index contributed by atoms with van der Waals surface area (Å²) in [5.74, 6) is 0.582. The second-order valence-electron chi connectivity index (χ2n) is 4.47. The highest BCUT2D eigenvalue weighted by molar-refractivity contribution is 5.84. The molecule has 0 radical (unpaired) electrons. The van der Waals surface area contributed by atoms with Gasteiger partial charge in [-0.05, 0) is 38.5 Å². The summed E-state index contributed by atoms with van der Waals surface area (Å²) in [4.78, 5) is 4.84. The van der Waals surface area contributed by atoms with E-state index in [2.05, 4.69) is 47.6 Å². The Hall–Kier alpha value is -0.590. The molecule has 0 aliphatic heterocycles. The molecule has 0 spiro atoms. The van der Waals surface area contributed by atoms with Crippen LogP contribution in [0.25, 0.3) is 0 Å². The molecule has 0 N–H and O–H groups in total. The van der Waals surface area contributed by atoms with Gasteiger partial charge in [0.15, 0.2) is 0 Å². The molecule has 0 aromatic carbocycles. The molecule has 2 unspecified atom stereocenters. The van der Waals surface area contributed by atoms with Gasteiger partial charge in [0.05, 0.1) is 6.04 Å². The maximum atomic E-state index is 4.84. The van der Waals surface area contributed by atoms with Crippen molar-refractivity contribution in [3.05, 3.63) is 11.6 Å². The molecule has 0 bridgehead atoms. The van der Waals surface area contributed by atoms with Crippen molar-refractivity contribution in [1.82, 2.24) is 0 Å². The molecule has 0 saturated heterocycles. The lowest BCUT2D eigenvalue weighted by Gasteiger charge is -2.20. The predicted molar refractivity (Wildman–Crippen MR) is 75.3 cm³/mol. The lowest BCUT2D eigenvalue weighted by atomic mass is 9.91. The van der Waals surface area contributed by atoms with Crippen molar-refractivity contribution in [2.75, 3.05) is 0 Å². The Balaban J connectivity index is 4.64. The van der Waals surface area contributed by atoms with Crippen molar-refractivity contribution >= 4 is 5.71 Å². The third-order valence-corrected chi connectivity index (χ3v) is 3.39. The average Bonchev–Trinajstić information content (AvgIpc) is 2.31. The number of hydrogen-bond donors (Lipinski definition) is 0. The molecule has 1 heteroatoms. The number of hydrogen-bond acceptors (Lipinski definition) is 1. The first-order valence-corrected chi connectivity index (χ1v) is 6.84. The molecule has 0 rings (SSSR count). The molecule has 16 heavy (non-hydrogen) atoms. The normalized spacial score (nSPS) is 15.8. The van der Waals surface area contributed by atoms with Crippen LogP contribution in [-0.2, 0) is 0 Å². The zero-order valence-corrected chi connectivity index (χ0v) is 12.0. The molecule has 0 aromatic rings. The predicted octanol–water partition coefficient (Wildman–Crippen LogP) is 5.02. The first-order valence-electron chi connectivity index (χ1n) is 6.84. The molecular formula is C15H29N. The number of aliphatic imine (C=N–C) groups is 1. The average molecular weight is 223 g/mol. The third-order valence-electron chi connectivity index (χ3n) is 3.39. The van der Waals surface area contributed by atoms with Gasteiger partial charge in [-0.15, -0.1) is 0 Å². The monoisotopic (exact) mass is 223 g/mol. The van der Waals surface area contributed by atoms with Gasteiger partial charge in [0.1, 0.15) is 0 Å². The van der Waals surface area contributed by atoms with E-state index in [4.69, 9.17) is 4.99 Å². The van der Waals surface area contributed by atoms with Gasteiger partial charge >= 0.3 is 0 Å². The van der Waals surface area contributed by atoms with Crippen LogP contribution in [0, 0.1) is 5.92 Å². The van der Waals surface area contributed by atoms with E-state index in [0.717, 1.165) is 25.7 Å². The van der Waals surface area contributed by atoms with Gasteiger partial charge in [0.2, 0.25) is 0 Å². The Bertz CT molecular complexity index is 232. The summed E-state index contributed by atoms with van der Waals surface area (Å²) in [6, 6.07) is 0.424. The highest BCUT2D eigenvalue weighted by Gasteiger charge is 2.14. The molecule has 0 aliphatic carbocycles. The smallest absolute Gasteiger partial charge is 0.0533 e. The molecule has 0 saturated carbocycles. The zero-order valence-electron chi connectivity index (χ0n) is 12.0. The molecule has 0 aromatic heterocycles. The van der Waals surface area contributed by atoms with Crippen LogP contribution in [0.15, 0.2) is 16.6 Å². The lowest BCUT2D eigenvalue weighted by molar-refractivity contribution is 0.539. The highest BCUT2D eigenvalue weighted by Crippen LogP contribution is 2.21. The standard InChI is InChI=1S/C15H29N/c1-7-11-14(8-2)12(5)13(6)16-15(9-3)10-4/h11-13H,7-10H2,1-6H3/b14-11+. The minimum Gasteiger partial charge on any atom is -0.291 e. The fraction of sp³-hybridized carbons (Fsp3) is 0.800. The van der Waals surface area contributed by atoms with Gasteiger partial charge in [0, 0.05) is 5.71 Å². The van der Waals surface area contributed by atoms with Crippen LogP contribution in [-0.4, -0.2) is 11.8 Å². The van der Waals surface area contributed by atoms with E-state index < -0.39 is 0 Å². The van der Waals surface area contributed by atoms with Crippen molar-refractivity contribution in [1.29, 1.82) is 0 Å². The van der Waals surface area contributed by atoms with Gasteiger partial charge in [-0.2, -0.15) is 0 Å². The van der Waals surface area contributed by atoms with Crippen LogP contribution in [0.2, 0.25) is 0 Å². The summed E-state index contributed by atoms with van der Waals surface area (Å²) >= 11 is 0. The number of allylic oxidation sites excluding steroid dienone is 1. The first-order chi connectivity index (χ1) is 7.60. The van der Waals surface area contributed by atoms with Crippen LogP contribution in [0.4, 0.5) is 0 Å². The molecule has 0 amide bonds. The topological polar surface area (TPSA) is 12.4 Å². The van der Waals surface area contributed by atoms with Gasteiger partial charge in [-0.1, -0.05) is 46.3 Å². The Morgan fingerprint density at radius 1 is 1.00 bits per heavy atom. The van der Waals surface area contributed by atoms with E-state index in [9.17, 15) is 0 Å². The van der Waals surface area contributed by atoms with E-state index in [1.54, 1.807) is 5.57 Å². The Morgan fingerprint density at radius 2 is 1.56 bits per heavy atom. The number of nitrogens with zero attached hydrogens (tertiary/aromatic N) is 1. The van der Waals surface area contributed by atoms with Crippen LogP contribution in [0.5, 0.6) is 0 Å². The van der Waals surface area contributed by atoms with Crippen molar-refractivity contribution in [3.8, 4) is 0 Å². The van der Waals surface area contributed by atoms with E-state index in [1.807, 2.05) is 0 Å². The van der Waals surface area contributed by atoms with Gasteiger partial charge < -0.3 is 0 Å². The van der Waals surface area contributed by atoms with E-state index >= 15 is 0 Å².